The van der Waals surface area contributed by atoms with Crippen LogP contribution < -0.4 is 16.0 Å². The number of amides is 3. The van der Waals surface area contributed by atoms with Gasteiger partial charge in [-0.3, -0.25) is 4.79 Å². The van der Waals surface area contributed by atoms with E-state index in [1.54, 1.807) is 0 Å². The van der Waals surface area contributed by atoms with E-state index < -0.39 is 28.7 Å². The molecule has 0 bridgehead atoms. The van der Waals surface area contributed by atoms with E-state index in [9.17, 15) is 22.8 Å². The van der Waals surface area contributed by atoms with Crippen LogP contribution >= 0.6 is 11.6 Å². The third-order valence-electron chi connectivity index (χ3n) is 2.64. The highest BCUT2D eigenvalue weighted by Gasteiger charge is 2.33. The molecule has 0 fully saturated rings. The highest BCUT2D eigenvalue weighted by atomic mass is 35.5. The van der Waals surface area contributed by atoms with Crippen molar-refractivity contribution in [3.05, 3.63) is 28.8 Å². The Kier molecular flexibility index (Phi) is 6.68. The highest BCUT2D eigenvalue weighted by molar-refractivity contribution is 6.31. The van der Waals surface area contributed by atoms with Crippen molar-refractivity contribution in [2.45, 2.75) is 20.0 Å². The number of nitrogens with one attached hydrogen (secondary N) is 3. The van der Waals surface area contributed by atoms with Crippen LogP contribution in [-0.4, -0.2) is 25.0 Å². The summed E-state index contributed by atoms with van der Waals surface area (Å²) in [5.41, 5.74) is -1.10. The fourth-order valence-electron chi connectivity index (χ4n) is 1.55. The molecule has 0 saturated heterocycles. The molecular formula is C14H17ClF3N3O2. The van der Waals surface area contributed by atoms with Crippen LogP contribution in [0.2, 0.25) is 5.02 Å². The van der Waals surface area contributed by atoms with Crippen molar-refractivity contribution in [3.63, 3.8) is 0 Å². The average molecular weight is 352 g/mol. The molecule has 0 atom stereocenters. The molecule has 0 spiro atoms. The molecule has 128 valence electrons. The number of benzene rings is 1. The first kappa shape index (κ1) is 19.1. The average Bonchev–Trinajstić information content (AvgIpc) is 2.43. The number of halogens is 4. The maximum absolute atomic E-state index is 12.7. The Balaban J connectivity index is 2.56. The Bertz CT molecular complexity index is 577. The molecule has 1 rings (SSSR count). The van der Waals surface area contributed by atoms with Crippen LogP contribution in [0.3, 0.4) is 0 Å². The molecule has 0 aliphatic rings. The van der Waals surface area contributed by atoms with Gasteiger partial charge in [-0.25, -0.2) is 4.79 Å². The second-order valence-corrected chi connectivity index (χ2v) is 5.61. The van der Waals surface area contributed by atoms with Crippen LogP contribution in [0.15, 0.2) is 18.2 Å². The van der Waals surface area contributed by atoms with E-state index in [0.29, 0.717) is 6.54 Å². The molecule has 1 aromatic carbocycles. The summed E-state index contributed by atoms with van der Waals surface area (Å²) in [6, 6.07) is 2.50. The summed E-state index contributed by atoms with van der Waals surface area (Å²) in [6.45, 7) is 3.89. The summed E-state index contributed by atoms with van der Waals surface area (Å²) in [5, 5.41) is 6.65. The maximum atomic E-state index is 12.7. The van der Waals surface area contributed by atoms with Gasteiger partial charge in [0, 0.05) is 12.2 Å². The van der Waals surface area contributed by atoms with Gasteiger partial charge in [0.1, 0.15) is 0 Å². The largest absolute Gasteiger partial charge is 0.417 e. The maximum Gasteiger partial charge on any atom is 0.417 e. The summed E-state index contributed by atoms with van der Waals surface area (Å²) < 4.78 is 38.1. The lowest BCUT2D eigenvalue weighted by atomic mass is 10.2. The number of rotatable bonds is 5. The first-order valence-corrected chi connectivity index (χ1v) is 7.15. The monoisotopic (exact) mass is 351 g/mol. The Hall–Kier alpha value is -1.96. The van der Waals surface area contributed by atoms with E-state index in [0.717, 1.165) is 12.1 Å². The van der Waals surface area contributed by atoms with Crippen molar-refractivity contribution < 1.29 is 22.8 Å². The van der Waals surface area contributed by atoms with Crippen LogP contribution in [0.25, 0.3) is 0 Å². The second kappa shape index (κ2) is 8.05. The van der Waals surface area contributed by atoms with E-state index in [1.165, 1.54) is 6.07 Å². The highest BCUT2D eigenvalue weighted by Crippen LogP contribution is 2.36. The Labute approximate surface area is 136 Å². The third kappa shape index (κ3) is 6.77. The molecule has 1 aromatic rings. The number of alkyl halides is 3. The molecule has 0 aromatic heterocycles. The number of anilines is 1. The zero-order chi connectivity index (χ0) is 17.6. The normalized spacial score (nSPS) is 11.3. The van der Waals surface area contributed by atoms with Gasteiger partial charge in [-0.15, -0.1) is 0 Å². The van der Waals surface area contributed by atoms with Crippen molar-refractivity contribution in [2.75, 3.05) is 18.4 Å². The van der Waals surface area contributed by atoms with Gasteiger partial charge in [-0.1, -0.05) is 25.4 Å². The molecule has 0 radical (unpaired) electrons. The number of hydrogen-bond donors (Lipinski definition) is 3. The van der Waals surface area contributed by atoms with Gasteiger partial charge in [0.15, 0.2) is 0 Å². The molecule has 5 nitrogen and oxygen atoms in total. The minimum atomic E-state index is -4.62. The van der Waals surface area contributed by atoms with Crippen molar-refractivity contribution in [2.24, 2.45) is 5.92 Å². The van der Waals surface area contributed by atoms with Gasteiger partial charge in [0.25, 0.3) is 0 Å². The van der Waals surface area contributed by atoms with Crippen molar-refractivity contribution in [1.82, 2.24) is 10.6 Å². The number of carbonyl (C=O) groups is 2. The molecular weight excluding hydrogens is 335 g/mol. The van der Waals surface area contributed by atoms with E-state index in [-0.39, 0.29) is 18.2 Å². The molecule has 0 aliphatic carbocycles. The predicted octanol–water partition coefficient (Wildman–Crippen LogP) is 3.25. The van der Waals surface area contributed by atoms with Gasteiger partial charge in [0.05, 0.1) is 17.1 Å². The van der Waals surface area contributed by atoms with E-state index in [2.05, 4.69) is 16.0 Å². The lowest BCUT2D eigenvalue weighted by Gasteiger charge is -2.12. The first-order valence-electron chi connectivity index (χ1n) is 6.78. The minimum absolute atomic E-state index is 0.0592. The van der Waals surface area contributed by atoms with Crippen molar-refractivity contribution in [1.29, 1.82) is 0 Å². The number of carbonyl (C=O) groups excluding carboxylic acids is 2. The molecule has 3 N–H and O–H groups in total. The fraction of sp³-hybridized carbons (Fsp3) is 0.429. The number of urea groups is 1. The Morgan fingerprint density at radius 2 is 1.87 bits per heavy atom. The van der Waals surface area contributed by atoms with Crippen molar-refractivity contribution in [3.8, 4) is 0 Å². The quantitative estimate of drug-likeness (QED) is 0.762. The topological polar surface area (TPSA) is 70.2 Å². The minimum Gasteiger partial charge on any atom is -0.338 e. The van der Waals surface area contributed by atoms with Gasteiger partial charge in [-0.05, 0) is 24.1 Å². The van der Waals surface area contributed by atoms with Crippen molar-refractivity contribution >= 4 is 29.2 Å². The number of hydrogen-bond acceptors (Lipinski definition) is 2. The van der Waals surface area contributed by atoms with E-state index in [1.807, 2.05) is 13.8 Å². The lowest BCUT2D eigenvalue weighted by molar-refractivity contribution is -0.137. The molecule has 0 saturated carbocycles. The summed E-state index contributed by atoms with van der Waals surface area (Å²) in [5.74, 6) is -0.399. The molecule has 9 heteroatoms. The van der Waals surface area contributed by atoms with Gasteiger partial charge in [0.2, 0.25) is 5.91 Å². The van der Waals surface area contributed by atoms with Crippen LogP contribution in [0.1, 0.15) is 19.4 Å². The van der Waals surface area contributed by atoms with Gasteiger partial charge < -0.3 is 16.0 Å². The van der Waals surface area contributed by atoms with Crippen LogP contribution in [0.4, 0.5) is 23.7 Å². The van der Waals surface area contributed by atoms with Crippen LogP contribution in [-0.2, 0) is 11.0 Å². The lowest BCUT2D eigenvalue weighted by Crippen LogP contribution is -2.41. The smallest absolute Gasteiger partial charge is 0.338 e. The molecule has 0 aliphatic heterocycles. The summed E-state index contributed by atoms with van der Waals surface area (Å²) >= 11 is 5.48. The fourth-order valence-corrected chi connectivity index (χ4v) is 1.77. The first-order chi connectivity index (χ1) is 10.6. The van der Waals surface area contributed by atoms with Crippen LogP contribution in [0, 0.1) is 5.92 Å². The zero-order valence-electron chi connectivity index (χ0n) is 12.6. The molecule has 23 heavy (non-hydrogen) atoms. The molecule has 0 unspecified atom stereocenters. The second-order valence-electron chi connectivity index (χ2n) is 5.20. The summed E-state index contributed by atoms with van der Waals surface area (Å²) in [7, 11) is 0. The third-order valence-corrected chi connectivity index (χ3v) is 2.97. The molecule has 3 amide bonds. The predicted molar refractivity (Wildman–Crippen MR) is 81.3 cm³/mol. The molecule has 0 heterocycles. The standard InChI is InChI=1S/C14H17ClF3N3O2/c1-8(2)6-19-13(23)20-7-12(22)21-9-3-4-11(15)10(5-9)14(16,17)18/h3-5,8H,6-7H2,1-2H3,(H,21,22)(H2,19,20,23). The van der Waals surface area contributed by atoms with Crippen LogP contribution in [0.5, 0.6) is 0 Å². The Morgan fingerprint density at radius 1 is 1.22 bits per heavy atom. The Morgan fingerprint density at radius 3 is 2.43 bits per heavy atom. The summed E-state index contributed by atoms with van der Waals surface area (Å²) in [6.07, 6.45) is -4.62. The van der Waals surface area contributed by atoms with E-state index in [4.69, 9.17) is 11.6 Å². The van der Waals surface area contributed by atoms with E-state index >= 15 is 0 Å². The zero-order valence-corrected chi connectivity index (χ0v) is 13.3. The summed E-state index contributed by atoms with van der Waals surface area (Å²) in [4.78, 5) is 23.0. The SMILES string of the molecule is CC(C)CNC(=O)NCC(=O)Nc1ccc(Cl)c(C(F)(F)F)c1. The van der Waals surface area contributed by atoms with Gasteiger partial charge >= 0.3 is 12.2 Å². The van der Waals surface area contributed by atoms with Gasteiger partial charge in [-0.2, -0.15) is 13.2 Å².